The monoisotopic (exact) mass is 439 g/mol. The SMILES string of the molecule is Nc1cncc(-c2ccc3[nH]nc(-c4nc5c(-c6ccc(F)cc6)nccc5[nH]4)c3c2F)c1. The van der Waals surface area contributed by atoms with E-state index in [-0.39, 0.29) is 5.82 Å². The number of halogens is 2. The van der Waals surface area contributed by atoms with Crippen molar-refractivity contribution >= 4 is 27.6 Å². The van der Waals surface area contributed by atoms with Crippen molar-refractivity contribution in [2.75, 3.05) is 5.73 Å². The predicted molar refractivity (Wildman–Crippen MR) is 122 cm³/mol. The molecule has 0 atom stereocenters. The van der Waals surface area contributed by atoms with Crippen molar-refractivity contribution in [3.05, 3.63) is 78.8 Å². The molecule has 0 saturated carbocycles. The molecule has 0 aliphatic heterocycles. The maximum Gasteiger partial charge on any atom is 0.159 e. The van der Waals surface area contributed by atoms with Gasteiger partial charge in [0.25, 0.3) is 0 Å². The number of pyridine rings is 2. The number of hydrogen-bond donors (Lipinski definition) is 3. The minimum atomic E-state index is -0.457. The number of nitrogens with one attached hydrogen (secondary N) is 2. The van der Waals surface area contributed by atoms with Crippen molar-refractivity contribution in [1.29, 1.82) is 0 Å². The Morgan fingerprint density at radius 1 is 0.848 bits per heavy atom. The highest BCUT2D eigenvalue weighted by Crippen LogP contribution is 2.35. The van der Waals surface area contributed by atoms with Crippen LogP contribution in [0.15, 0.2) is 67.1 Å². The highest BCUT2D eigenvalue weighted by Gasteiger charge is 2.20. The van der Waals surface area contributed by atoms with Gasteiger partial charge in [-0.15, -0.1) is 0 Å². The van der Waals surface area contributed by atoms with E-state index in [4.69, 9.17) is 5.73 Å². The van der Waals surface area contributed by atoms with Crippen LogP contribution in [0.5, 0.6) is 0 Å². The summed E-state index contributed by atoms with van der Waals surface area (Å²) in [5, 5.41) is 7.48. The zero-order chi connectivity index (χ0) is 22.5. The summed E-state index contributed by atoms with van der Waals surface area (Å²) in [5.41, 5.74) is 10.6. The molecule has 7 nitrogen and oxygen atoms in total. The first-order valence-electron chi connectivity index (χ1n) is 10.1. The van der Waals surface area contributed by atoms with E-state index in [9.17, 15) is 4.39 Å². The van der Waals surface area contributed by atoms with Crippen LogP contribution in [0.2, 0.25) is 0 Å². The van der Waals surface area contributed by atoms with Gasteiger partial charge in [-0.25, -0.2) is 13.8 Å². The molecule has 6 aromatic rings. The van der Waals surface area contributed by atoms with Crippen molar-refractivity contribution in [2.24, 2.45) is 0 Å². The first-order valence-corrected chi connectivity index (χ1v) is 10.1. The zero-order valence-electron chi connectivity index (χ0n) is 17.0. The summed E-state index contributed by atoms with van der Waals surface area (Å²) in [4.78, 5) is 16.3. The van der Waals surface area contributed by atoms with E-state index < -0.39 is 5.82 Å². The third-order valence-corrected chi connectivity index (χ3v) is 5.48. The molecule has 0 aliphatic rings. The molecule has 0 aliphatic carbocycles. The van der Waals surface area contributed by atoms with Gasteiger partial charge in [-0.3, -0.25) is 15.1 Å². The smallest absolute Gasteiger partial charge is 0.159 e. The highest BCUT2D eigenvalue weighted by molar-refractivity contribution is 5.98. The Balaban J connectivity index is 1.54. The van der Waals surface area contributed by atoms with Gasteiger partial charge in [-0.1, -0.05) is 0 Å². The van der Waals surface area contributed by atoms with Gasteiger partial charge in [-0.2, -0.15) is 5.10 Å². The zero-order valence-corrected chi connectivity index (χ0v) is 17.0. The molecule has 33 heavy (non-hydrogen) atoms. The Labute approximate surface area is 185 Å². The van der Waals surface area contributed by atoms with Gasteiger partial charge in [0, 0.05) is 35.3 Å². The van der Waals surface area contributed by atoms with E-state index in [2.05, 4.69) is 30.1 Å². The average Bonchev–Trinajstić information content (AvgIpc) is 3.44. The van der Waals surface area contributed by atoms with Crippen LogP contribution >= 0.6 is 0 Å². The van der Waals surface area contributed by atoms with Crippen LogP contribution in [0.4, 0.5) is 14.5 Å². The van der Waals surface area contributed by atoms with E-state index in [0.29, 0.717) is 56.0 Å². The summed E-state index contributed by atoms with van der Waals surface area (Å²) in [6.45, 7) is 0. The van der Waals surface area contributed by atoms with Crippen molar-refractivity contribution < 1.29 is 8.78 Å². The Bertz CT molecular complexity index is 1650. The number of nitrogens with zero attached hydrogens (tertiary/aromatic N) is 4. The van der Waals surface area contributed by atoms with Crippen LogP contribution in [0.25, 0.3) is 55.8 Å². The van der Waals surface area contributed by atoms with Crippen molar-refractivity contribution in [1.82, 2.24) is 30.1 Å². The average molecular weight is 439 g/mol. The number of aromatic amines is 2. The first kappa shape index (κ1) is 19.1. The molecule has 4 heterocycles. The van der Waals surface area contributed by atoms with Crippen molar-refractivity contribution in [3.63, 3.8) is 0 Å². The van der Waals surface area contributed by atoms with Crippen LogP contribution in [0, 0.1) is 11.6 Å². The second-order valence-corrected chi connectivity index (χ2v) is 7.58. The number of rotatable bonds is 3. The van der Waals surface area contributed by atoms with Crippen LogP contribution in [0.1, 0.15) is 0 Å². The molecule has 9 heteroatoms. The van der Waals surface area contributed by atoms with E-state index in [1.807, 2.05) is 0 Å². The third kappa shape index (κ3) is 3.09. The summed E-state index contributed by atoms with van der Waals surface area (Å²) in [6.07, 6.45) is 4.70. The number of hydrogen-bond acceptors (Lipinski definition) is 5. The van der Waals surface area contributed by atoms with Gasteiger partial charge in [0.05, 0.1) is 27.8 Å². The van der Waals surface area contributed by atoms with Gasteiger partial charge in [0.15, 0.2) is 5.82 Å². The van der Waals surface area contributed by atoms with E-state index in [1.165, 1.54) is 18.3 Å². The molecule has 0 bridgehead atoms. The lowest BCUT2D eigenvalue weighted by Gasteiger charge is -2.05. The summed E-state index contributed by atoms with van der Waals surface area (Å²) in [5.74, 6) is -0.409. The fourth-order valence-corrected chi connectivity index (χ4v) is 3.94. The molecule has 0 spiro atoms. The Morgan fingerprint density at radius 2 is 1.70 bits per heavy atom. The number of H-pyrrole nitrogens is 2. The van der Waals surface area contributed by atoms with Crippen LogP contribution in [0.3, 0.4) is 0 Å². The molecule has 0 fully saturated rings. The topological polar surface area (TPSA) is 109 Å². The number of nitrogens with two attached hydrogens (primary N) is 1. The Kier molecular flexibility index (Phi) is 4.16. The van der Waals surface area contributed by atoms with Gasteiger partial charge in [0.1, 0.15) is 22.8 Å². The lowest BCUT2D eigenvalue weighted by atomic mass is 10.0. The van der Waals surface area contributed by atoms with Crippen LogP contribution < -0.4 is 5.73 Å². The second-order valence-electron chi connectivity index (χ2n) is 7.58. The molecule has 0 saturated heterocycles. The maximum absolute atomic E-state index is 15.7. The van der Waals surface area contributed by atoms with E-state index in [0.717, 1.165) is 5.56 Å². The van der Waals surface area contributed by atoms with Gasteiger partial charge < -0.3 is 10.7 Å². The summed E-state index contributed by atoms with van der Waals surface area (Å²) < 4.78 is 29.1. The first-order chi connectivity index (χ1) is 16.1. The molecular formula is C24H15F2N7. The number of aromatic nitrogens is 6. The van der Waals surface area contributed by atoms with Crippen LogP contribution in [-0.4, -0.2) is 30.1 Å². The molecular weight excluding hydrogens is 424 g/mol. The molecule has 0 amide bonds. The Morgan fingerprint density at radius 3 is 2.52 bits per heavy atom. The fourth-order valence-electron chi connectivity index (χ4n) is 3.94. The minimum absolute atomic E-state index is 0.297. The molecule has 160 valence electrons. The van der Waals surface area contributed by atoms with Crippen molar-refractivity contribution in [2.45, 2.75) is 0 Å². The molecule has 0 radical (unpaired) electrons. The molecule has 2 aromatic carbocycles. The normalized spacial score (nSPS) is 11.5. The number of fused-ring (bicyclic) bond motifs is 2. The summed E-state index contributed by atoms with van der Waals surface area (Å²) in [6, 6.07) is 12.9. The lowest BCUT2D eigenvalue weighted by molar-refractivity contribution is 0.628. The molecule has 0 unspecified atom stereocenters. The van der Waals surface area contributed by atoms with Crippen LogP contribution in [-0.2, 0) is 0 Å². The largest absolute Gasteiger partial charge is 0.397 e. The predicted octanol–water partition coefficient (Wildman–Crippen LogP) is 5.09. The quantitative estimate of drug-likeness (QED) is 0.356. The van der Waals surface area contributed by atoms with E-state index in [1.54, 1.807) is 48.8 Å². The standard InChI is InChI=1S/C24H15F2N7/c25-14-3-1-12(2-4-14)21-22-18(7-8-29-21)30-24(31-22)23-19-17(32-33-23)6-5-16(20(19)26)13-9-15(27)11-28-10-13/h1-11H,27H2,(H,30,31)(H,32,33). The number of anilines is 1. The Hall–Kier alpha value is -4.66. The number of benzene rings is 2. The van der Waals surface area contributed by atoms with Gasteiger partial charge in [-0.05, 0) is 48.5 Å². The van der Waals surface area contributed by atoms with Gasteiger partial charge in [0.2, 0.25) is 0 Å². The van der Waals surface area contributed by atoms with E-state index >= 15 is 4.39 Å². The lowest BCUT2D eigenvalue weighted by Crippen LogP contribution is -1.91. The fraction of sp³-hybridized carbons (Fsp3) is 0. The number of imidazole rings is 1. The molecule has 4 aromatic heterocycles. The summed E-state index contributed by atoms with van der Waals surface area (Å²) in [7, 11) is 0. The maximum atomic E-state index is 15.7. The van der Waals surface area contributed by atoms with Crippen molar-refractivity contribution in [3.8, 4) is 33.9 Å². The summed E-state index contributed by atoms with van der Waals surface area (Å²) >= 11 is 0. The minimum Gasteiger partial charge on any atom is -0.397 e. The number of nitrogen functional groups attached to an aromatic ring is 1. The molecule has 4 N–H and O–H groups in total. The second kappa shape index (κ2) is 7.20. The third-order valence-electron chi connectivity index (χ3n) is 5.48. The molecule has 6 rings (SSSR count). The van der Waals surface area contributed by atoms with Gasteiger partial charge >= 0.3 is 0 Å². The highest BCUT2D eigenvalue weighted by atomic mass is 19.1.